The molecule has 3 N–H and O–H groups in total. The van der Waals surface area contributed by atoms with E-state index in [-0.39, 0.29) is 6.42 Å². The fraction of sp³-hybridized carbons (Fsp3) is 0.929. The van der Waals surface area contributed by atoms with Gasteiger partial charge in [-0.1, -0.05) is 0 Å². The quantitative estimate of drug-likeness (QED) is 0.353. The minimum absolute atomic E-state index is 0.133. The maximum Gasteiger partial charge on any atom is 0.280 e. The van der Waals surface area contributed by atoms with Crippen LogP contribution in [0.15, 0.2) is 10.6 Å². The molecule has 0 unspecified atom stereocenters. The van der Waals surface area contributed by atoms with E-state index in [0.717, 1.165) is 10.0 Å². The van der Waals surface area contributed by atoms with Gasteiger partial charge in [-0.3, -0.25) is 14.8 Å². The molecule has 3 fully saturated rings. The minimum Gasteiger partial charge on any atom is -0.388 e. The van der Waals surface area contributed by atoms with Gasteiger partial charge in [-0.2, -0.15) is 0 Å². The van der Waals surface area contributed by atoms with Gasteiger partial charge in [-0.25, -0.2) is 0 Å². The molecule has 2 saturated heterocycles. The van der Waals surface area contributed by atoms with Gasteiger partial charge < -0.3 is 29.5 Å². The van der Waals surface area contributed by atoms with Crippen molar-refractivity contribution in [1.82, 2.24) is 10.0 Å². The van der Waals surface area contributed by atoms with E-state index >= 15 is 0 Å². The van der Waals surface area contributed by atoms with Gasteiger partial charge >= 0.3 is 0 Å². The highest BCUT2D eigenvalue weighted by atomic mass is 16.8. The van der Waals surface area contributed by atoms with Crippen LogP contribution in [-0.4, -0.2) is 99.9 Å². The van der Waals surface area contributed by atoms with Crippen LogP contribution >= 0.6 is 0 Å². The molecule has 0 aromatic rings. The van der Waals surface area contributed by atoms with Gasteiger partial charge in [0.2, 0.25) is 6.29 Å². The molecule has 27 heavy (non-hydrogen) atoms. The third-order valence-corrected chi connectivity index (χ3v) is 5.31. The number of hydrogen-bond acceptors (Lipinski definition) is 11. The van der Waals surface area contributed by atoms with Crippen molar-refractivity contribution in [3.8, 4) is 0 Å². The van der Waals surface area contributed by atoms with Crippen LogP contribution in [-0.2, 0) is 19.0 Å². The summed E-state index contributed by atoms with van der Waals surface area (Å²) in [6.07, 6.45) is -7.84. The number of likely N-dealkylation sites (N-methyl/N-ethyl adjacent to an activating group) is 2. The average Bonchev–Trinajstić information content (AvgIpc) is 2.61. The summed E-state index contributed by atoms with van der Waals surface area (Å²) in [6.45, 7) is 1.60. The molecule has 13 heteroatoms. The second-order valence-corrected chi connectivity index (χ2v) is 7.06. The van der Waals surface area contributed by atoms with Crippen LogP contribution in [0.25, 0.3) is 0 Å². The summed E-state index contributed by atoms with van der Waals surface area (Å²) in [6, 6.07) is -2.51. The molecule has 0 radical (unpaired) electrons. The normalized spacial score (nSPS) is 46.8. The zero-order valence-corrected chi connectivity index (χ0v) is 14.9. The summed E-state index contributed by atoms with van der Waals surface area (Å²) in [5.41, 5.74) is 0. The highest BCUT2D eigenvalue weighted by Crippen LogP contribution is 2.42. The number of ether oxygens (including phenoxy) is 3. The van der Waals surface area contributed by atoms with Crippen molar-refractivity contribution >= 4 is 5.78 Å². The highest BCUT2D eigenvalue weighted by Gasteiger charge is 2.65. The number of rotatable bonds is 4. The molecule has 3 rings (SSSR count). The van der Waals surface area contributed by atoms with Crippen molar-refractivity contribution in [3.63, 3.8) is 0 Å². The molecule has 0 bridgehead atoms. The van der Waals surface area contributed by atoms with E-state index in [1.807, 2.05) is 0 Å². The van der Waals surface area contributed by atoms with Gasteiger partial charge in [-0.15, -0.1) is 9.81 Å². The summed E-state index contributed by atoms with van der Waals surface area (Å²) in [7, 11) is 2.47. The third-order valence-electron chi connectivity index (χ3n) is 5.31. The molecule has 152 valence electrons. The number of fused-ring (bicyclic) bond motifs is 2. The first-order valence-electron chi connectivity index (χ1n) is 8.38. The van der Waals surface area contributed by atoms with Gasteiger partial charge in [0, 0.05) is 20.5 Å². The van der Waals surface area contributed by atoms with Crippen LogP contribution in [0, 0.1) is 9.81 Å². The van der Waals surface area contributed by atoms with Crippen molar-refractivity contribution < 1.29 is 34.3 Å². The van der Waals surface area contributed by atoms with Crippen LogP contribution in [0.3, 0.4) is 0 Å². The van der Waals surface area contributed by atoms with Crippen LogP contribution in [0.4, 0.5) is 0 Å². The molecule has 9 atom stereocenters. The smallest absolute Gasteiger partial charge is 0.280 e. The monoisotopic (exact) mass is 390 g/mol. The highest BCUT2D eigenvalue weighted by molar-refractivity contribution is 5.87. The van der Waals surface area contributed by atoms with E-state index < -0.39 is 60.5 Å². The Labute approximate surface area is 153 Å². The van der Waals surface area contributed by atoms with Crippen LogP contribution in [0.2, 0.25) is 0 Å². The molecule has 0 amide bonds. The van der Waals surface area contributed by atoms with Crippen LogP contribution < -0.4 is 0 Å². The van der Waals surface area contributed by atoms with E-state index in [2.05, 4.69) is 10.6 Å². The van der Waals surface area contributed by atoms with E-state index in [1.165, 1.54) is 14.1 Å². The minimum atomic E-state index is -2.46. The fourth-order valence-electron chi connectivity index (χ4n) is 3.95. The summed E-state index contributed by atoms with van der Waals surface area (Å²) in [5.74, 6) is -3.15. The number of aliphatic hydroxyl groups excluding tert-OH is 2. The van der Waals surface area contributed by atoms with Gasteiger partial charge in [0.05, 0.1) is 16.7 Å². The lowest BCUT2D eigenvalue weighted by atomic mass is 9.79. The van der Waals surface area contributed by atoms with E-state index in [0.29, 0.717) is 0 Å². The first kappa shape index (κ1) is 20.0. The van der Waals surface area contributed by atoms with E-state index in [4.69, 9.17) is 14.2 Å². The average molecular weight is 390 g/mol. The maximum absolute atomic E-state index is 12.3. The zero-order chi connectivity index (χ0) is 20.1. The van der Waals surface area contributed by atoms with Gasteiger partial charge in [0.1, 0.15) is 36.5 Å². The van der Waals surface area contributed by atoms with Crippen molar-refractivity contribution in [2.75, 3.05) is 14.1 Å². The molecule has 2 heterocycles. The lowest BCUT2D eigenvalue weighted by Gasteiger charge is -2.56. The Morgan fingerprint density at radius 3 is 2.22 bits per heavy atom. The first-order valence-corrected chi connectivity index (χ1v) is 8.38. The molecule has 1 saturated carbocycles. The second-order valence-electron chi connectivity index (χ2n) is 7.06. The fourth-order valence-corrected chi connectivity index (χ4v) is 3.95. The molecule has 13 nitrogen and oxygen atoms in total. The molecule has 0 aromatic carbocycles. The number of aliphatic hydroxyl groups is 3. The van der Waals surface area contributed by atoms with Crippen LogP contribution in [0.1, 0.15) is 13.3 Å². The summed E-state index contributed by atoms with van der Waals surface area (Å²) in [4.78, 5) is 34.4. The zero-order valence-electron chi connectivity index (χ0n) is 14.9. The first-order chi connectivity index (χ1) is 12.7. The summed E-state index contributed by atoms with van der Waals surface area (Å²) < 4.78 is 16.6. The van der Waals surface area contributed by atoms with Gasteiger partial charge in [-0.05, 0) is 6.92 Å². The van der Waals surface area contributed by atoms with Gasteiger partial charge in [0.15, 0.2) is 5.78 Å². The molecule has 1 aliphatic carbocycles. The van der Waals surface area contributed by atoms with Crippen LogP contribution in [0.5, 0.6) is 0 Å². The number of carbonyl (C=O) groups is 1. The Morgan fingerprint density at radius 1 is 1.04 bits per heavy atom. The Morgan fingerprint density at radius 2 is 1.63 bits per heavy atom. The number of carbonyl (C=O) groups excluding carboxylic acids is 1. The maximum atomic E-state index is 12.3. The third kappa shape index (κ3) is 2.99. The predicted molar refractivity (Wildman–Crippen MR) is 85.4 cm³/mol. The number of nitrogens with zero attached hydrogens (tertiary/aromatic N) is 4. The largest absolute Gasteiger partial charge is 0.388 e. The van der Waals surface area contributed by atoms with Crippen molar-refractivity contribution in [2.45, 2.75) is 68.0 Å². The molecule has 3 aliphatic rings. The molecular formula is C14H22N4O9. The Hall–Kier alpha value is -1.77. The number of Topliss-reactive ketones (excluding diaryl/α,β-unsaturated/α-hetero) is 1. The molecule has 0 aromatic heterocycles. The topological polar surface area (TPSA) is 171 Å². The lowest BCUT2D eigenvalue weighted by Crippen LogP contribution is -2.77. The van der Waals surface area contributed by atoms with E-state index in [1.54, 1.807) is 6.92 Å². The lowest BCUT2D eigenvalue weighted by molar-refractivity contribution is -0.424. The van der Waals surface area contributed by atoms with Crippen molar-refractivity contribution in [2.24, 2.45) is 10.6 Å². The predicted octanol–water partition coefficient (Wildman–Crippen LogP) is -2.14. The molecular weight excluding hydrogens is 368 g/mol. The van der Waals surface area contributed by atoms with Crippen molar-refractivity contribution in [1.29, 1.82) is 0 Å². The standard InChI is InChI=1S/C14H22N4O9/c1-5-4-6(19)14(22)13(25-5)26-12-10(21)7(17(2)15-23)9(20)8(11(12)27-14)18(3)16-24/h5,7-13,20-22H,4H2,1-3H3/t5-,7-,8+,9+,10+,11-,12-,13+,14+/m1/s1. The Bertz CT molecular complexity index is 623. The van der Waals surface area contributed by atoms with Gasteiger partial charge in [0.25, 0.3) is 5.79 Å². The molecule has 0 spiro atoms. The van der Waals surface area contributed by atoms with E-state index in [9.17, 15) is 29.9 Å². The SMILES string of the molecule is C[C@@H]1CC(=O)[C@]2(O)O[C@H]3[C@H](O[C@@H]2O1)[C@@H](O)[C@H](N(C)N=O)[C@H](O)[C@@H]3N(C)N=O. The summed E-state index contributed by atoms with van der Waals surface area (Å²) >= 11 is 0. The second kappa shape index (κ2) is 7.00. The Kier molecular flexibility index (Phi) is 5.18. The Balaban J connectivity index is 2.00. The molecule has 2 aliphatic heterocycles. The number of nitroso groups, excluding NO2 is 2. The number of ketones is 1. The van der Waals surface area contributed by atoms with Crippen molar-refractivity contribution in [3.05, 3.63) is 9.81 Å². The number of hydrogen-bond donors (Lipinski definition) is 3. The summed E-state index contributed by atoms with van der Waals surface area (Å²) in [5, 5.41) is 39.0.